The Labute approximate surface area is 154 Å². The fourth-order valence-corrected chi connectivity index (χ4v) is 2.25. The molecule has 2 aromatic rings. The predicted octanol–water partition coefficient (Wildman–Crippen LogP) is 4.06. The van der Waals surface area contributed by atoms with Crippen LogP contribution in [0.3, 0.4) is 0 Å². The minimum atomic E-state index is -0.665. The highest BCUT2D eigenvalue weighted by atomic mass is 35.5. The molecule has 0 saturated heterocycles. The van der Waals surface area contributed by atoms with Crippen molar-refractivity contribution in [2.75, 3.05) is 11.9 Å². The van der Waals surface area contributed by atoms with E-state index in [0.717, 1.165) is 5.56 Å². The van der Waals surface area contributed by atoms with Crippen LogP contribution >= 0.6 is 23.2 Å². The molecule has 0 atom stereocenters. The first kappa shape index (κ1) is 18.5. The first-order chi connectivity index (χ1) is 12.0. The number of hydrogen-bond donors (Lipinski definition) is 1. The predicted molar refractivity (Wildman–Crippen MR) is 96.2 cm³/mol. The monoisotopic (exact) mass is 374 g/mol. The summed E-state index contributed by atoms with van der Waals surface area (Å²) < 4.78 is 4.85. The minimum absolute atomic E-state index is 0.285. The molecule has 0 unspecified atom stereocenters. The van der Waals surface area contributed by atoms with Gasteiger partial charge in [0, 0.05) is 11.1 Å². The average molecular weight is 375 g/mol. The third kappa shape index (κ3) is 5.96. The van der Waals surface area contributed by atoms with Crippen molar-refractivity contribution >= 4 is 46.8 Å². The first-order valence-corrected chi connectivity index (χ1v) is 7.83. The lowest BCUT2D eigenvalue weighted by Crippen LogP contribution is -2.20. The lowest BCUT2D eigenvalue weighted by molar-refractivity contribution is -0.142. The van der Waals surface area contributed by atoms with Crippen LogP contribution in [0.2, 0.25) is 10.0 Å². The van der Waals surface area contributed by atoms with Gasteiger partial charge in [-0.3, -0.25) is 4.79 Å². The van der Waals surface area contributed by atoms with Gasteiger partial charge in [0.25, 0.3) is 5.91 Å². The number of rotatable bonds is 5. The van der Waals surface area contributed by atoms with Crippen LogP contribution in [0.1, 0.15) is 11.1 Å². The van der Waals surface area contributed by atoms with Crippen molar-refractivity contribution in [3.63, 3.8) is 0 Å². The van der Waals surface area contributed by atoms with Crippen molar-refractivity contribution in [3.05, 3.63) is 69.7 Å². The SMILES string of the molecule is N#Cc1ccc(/C=C/C(=O)OCC(=O)Nc2ccc(Cl)cc2Cl)cc1. The number of nitriles is 1. The summed E-state index contributed by atoms with van der Waals surface area (Å²) in [5.41, 5.74) is 1.63. The molecule has 0 radical (unpaired) electrons. The molecule has 0 bridgehead atoms. The van der Waals surface area contributed by atoms with Gasteiger partial charge in [-0.25, -0.2) is 4.79 Å². The molecule has 7 heteroatoms. The molecule has 126 valence electrons. The van der Waals surface area contributed by atoms with Gasteiger partial charge in [0.2, 0.25) is 0 Å². The van der Waals surface area contributed by atoms with E-state index in [4.69, 9.17) is 33.2 Å². The molecule has 0 aromatic heterocycles. The van der Waals surface area contributed by atoms with Crippen molar-refractivity contribution in [2.24, 2.45) is 0 Å². The number of carbonyl (C=O) groups is 2. The maximum absolute atomic E-state index is 11.8. The third-order valence-corrected chi connectivity index (χ3v) is 3.55. The van der Waals surface area contributed by atoms with E-state index in [2.05, 4.69) is 5.32 Å². The Hall–Kier alpha value is -2.81. The molecular formula is C18H12Cl2N2O3. The van der Waals surface area contributed by atoms with Crippen LogP contribution in [0.15, 0.2) is 48.5 Å². The lowest BCUT2D eigenvalue weighted by atomic mass is 10.1. The van der Waals surface area contributed by atoms with E-state index < -0.39 is 18.5 Å². The van der Waals surface area contributed by atoms with Gasteiger partial charge < -0.3 is 10.1 Å². The smallest absolute Gasteiger partial charge is 0.331 e. The van der Waals surface area contributed by atoms with Crippen LogP contribution in [0.4, 0.5) is 5.69 Å². The Balaban J connectivity index is 1.83. The summed E-state index contributed by atoms with van der Waals surface area (Å²) in [6.07, 6.45) is 2.72. The standard InChI is InChI=1S/C18H12Cl2N2O3/c19-14-6-7-16(15(20)9-14)22-17(23)11-25-18(24)8-5-12-1-3-13(10-21)4-2-12/h1-9H,11H2,(H,22,23)/b8-5+. The maximum atomic E-state index is 11.8. The van der Waals surface area contributed by atoms with E-state index in [-0.39, 0.29) is 5.02 Å². The summed E-state index contributed by atoms with van der Waals surface area (Å²) in [7, 11) is 0. The van der Waals surface area contributed by atoms with Crippen LogP contribution in [0, 0.1) is 11.3 Å². The second-order valence-electron chi connectivity index (χ2n) is 4.85. The van der Waals surface area contributed by atoms with Crippen molar-refractivity contribution in [1.82, 2.24) is 0 Å². The minimum Gasteiger partial charge on any atom is -0.452 e. The summed E-state index contributed by atoms with van der Waals surface area (Å²) in [5, 5.41) is 12.0. The Kier molecular flexibility index (Phi) is 6.58. The number of halogens is 2. The second kappa shape index (κ2) is 8.88. The molecule has 0 aliphatic heterocycles. The average Bonchev–Trinajstić information content (AvgIpc) is 2.61. The highest BCUT2D eigenvalue weighted by molar-refractivity contribution is 6.36. The molecule has 1 amide bonds. The van der Waals surface area contributed by atoms with Gasteiger partial charge in [0.1, 0.15) is 0 Å². The fraction of sp³-hybridized carbons (Fsp3) is 0.0556. The van der Waals surface area contributed by atoms with E-state index in [0.29, 0.717) is 16.3 Å². The molecule has 0 heterocycles. The molecule has 0 aliphatic rings. The highest BCUT2D eigenvalue weighted by Gasteiger charge is 2.08. The van der Waals surface area contributed by atoms with Crippen LogP contribution in [-0.4, -0.2) is 18.5 Å². The summed E-state index contributed by atoms with van der Waals surface area (Å²) in [5.74, 6) is -1.19. The number of carbonyl (C=O) groups excluding carboxylic acids is 2. The number of benzene rings is 2. The van der Waals surface area contributed by atoms with Gasteiger partial charge in [-0.05, 0) is 42.0 Å². The number of ether oxygens (including phenoxy) is 1. The van der Waals surface area contributed by atoms with Crippen LogP contribution in [0.5, 0.6) is 0 Å². The zero-order chi connectivity index (χ0) is 18.2. The van der Waals surface area contributed by atoms with Gasteiger partial charge in [-0.2, -0.15) is 5.26 Å². The van der Waals surface area contributed by atoms with E-state index >= 15 is 0 Å². The lowest BCUT2D eigenvalue weighted by Gasteiger charge is -2.07. The number of hydrogen-bond acceptors (Lipinski definition) is 4. The van der Waals surface area contributed by atoms with Crippen molar-refractivity contribution in [1.29, 1.82) is 5.26 Å². The van der Waals surface area contributed by atoms with Crippen LogP contribution < -0.4 is 5.32 Å². The van der Waals surface area contributed by atoms with Gasteiger partial charge in [0.05, 0.1) is 22.3 Å². The number of nitrogens with one attached hydrogen (secondary N) is 1. The van der Waals surface area contributed by atoms with E-state index in [1.165, 1.54) is 18.2 Å². The van der Waals surface area contributed by atoms with Crippen LogP contribution in [0.25, 0.3) is 6.08 Å². The number of anilines is 1. The first-order valence-electron chi connectivity index (χ1n) is 7.08. The van der Waals surface area contributed by atoms with Crippen molar-refractivity contribution in [3.8, 4) is 6.07 Å². The van der Waals surface area contributed by atoms with Crippen molar-refractivity contribution in [2.45, 2.75) is 0 Å². The second-order valence-corrected chi connectivity index (χ2v) is 5.69. The number of amides is 1. The zero-order valence-corrected chi connectivity index (χ0v) is 14.3. The molecule has 25 heavy (non-hydrogen) atoms. The molecule has 1 N–H and O–H groups in total. The molecule has 0 aliphatic carbocycles. The zero-order valence-electron chi connectivity index (χ0n) is 12.8. The fourth-order valence-electron chi connectivity index (χ4n) is 1.79. The van der Waals surface area contributed by atoms with Gasteiger partial charge in [0.15, 0.2) is 6.61 Å². The summed E-state index contributed by atoms with van der Waals surface area (Å²) >= 11 is 11.7. The van der Waals surface area contributed by atoms with E-state index in [9.17, 15) is 9.59 Å². The number of nitrogens with zero attached hydrogens (tertiary/aromatic N) is 1. The largest absolute Gasteiger partial charge is 0.452 e. The molecule has 0 saturated carbocycles. The highest BCUT2D eigenvalue weighted by Crippen LogP contribution is 2.25. The quantitative estimate of drug-likeness (QED) is 0.631. The molecular weight excluding hydrogens is 363 g/mol. The molecule has 2 aromatic carbocycles. The Morgan fingerprint density at radius 1 is 1.16 bits per heavy atom. The normalized spacial score (nSPS) is 10.3. The third-order valence-electron chi connectivity index (χ3n) is 3.00. The Morgan fingerprint density at radius 2 is 1.88 bits per heavy atom. The summed E-state index contributed by atoms with van der Waals surface area (Å²) in [6, 6.07) is 13.3. The molecule has 2 rings (SSSR count). The van der Waals surface area contributed by atoms with Gasteiger partial charge >= 0.3 is 5.97 Å². The maximum Gasteiger partial charge on any atom is 0.331 e. The molecule has 5 nitrogen and oxygen atoms in total. The molecule has 0 fully saturated rings. The summed E-state index contributed by atoms with van der Waals surface area (Å²) in [4.78, 5) is 23.4. The summed E-state index contributed by atoms with van der Waals surface area (Å²) in [6.45, 7) is -0.449. The number of esters is 1. The topological polar surface area (TPSA) is 79.2 Å². The van der Waals surface area contributed by atoms with E-state index in [1.54, 1.807) is 36.4 Å². The Morgan fingerprint density at radius 3 is 2.52 bits per heavy atom. The Bertz CT molecular complexity index is 856. The van der Waals surface area contributed by atoms with Crippen LogP contribution in [-0.2, 0) is 14.3 Å². The van der Waals surface area contributed by atoms with Crippen molar-refractivity contribution < 1.29 is 14.3 Å². The molecule has 0 spiro atoms. The van der Waals surface area contributed by atoms with E-state index in [1.807, 2.05) is 6.07 Å². The van der Waals surface area contributed by atoms with Gasteiger partial charge in [-0.1, -0.05) is 35.3 Å². The van der Waals surface area contributed by atoms with Gasteiger partial charge in [-0.15, -0.1) is 0 Å².